The summed E-state index contributed by atoms with van der Waals surface area (Å²) in [6.07, 6.45) is 0. The largest absolute Gasteiger partial charge is 0.378 e. The smallest absolute Gasteiger partial charge is 0.135 e. The van der Waals surface area contributed by atoms with Gasteiger partial charge >= 0.3 is 0 Å². The van der Waals surface area contributed by atoms with Crippen molar-refractivity contribution in [2.75, 3.05) is 19.5 Å². The lowest BCUT2D eigenvalue weighted by Crippen LogP contribution is -1.93. The number of hydrogen-bond donors (Lipinski definition) is 1. The Morgan fingerprint density at radius 3 is 3.10 bits per heavy atom. The molecular formula is C5H9N3OS. The van der Waals surface area contributed by atoms with E-state index in [0.29, 0.717) is 6.61 Å². The third-order valence-electron chi connectivity index (χ3n) is 1.06. The molecule has 5 heteroatoms. The number of hydrogen-bond acceptors (Lipinski definition) is 5. The van der Waals surface area contributed by atoms with E-state index >= 15 is 0 Å². The van der Waals surface area contributed by atoms with Gasteiger partial charge in [0.15, 0.2) is 0 Å². The van der Waals surface area contributed by atoms with Gasteiger partial charge in [0, 0.05) is 25.7 Å². The monoisotopic (exact) mass is 159 g/mol. The summed E-state index contributed by atoms with van der Waals surface area (Å²) in [6, 6.07) is 0. The molecule has 0 radical (unpaired) electrons. The first-order chi connectivity index (χ1) is 4.88. The number of anilines is 1. The number of nitrogens with one attached hydrogen (secondary N) is 1. The van der Waals surface area contributed by atoms with Gasteiger partial charge in [0.25, 0.3) is 0 Å². The fraction of sp³-hybridized carbons (Fsp3) is 0.600. The van der Waals surface area contributed by atoms with Gasteiger partial charge in [-0.05, 0) is 0 Å². The number of rotatable bonds is 3. The van der Waals surface area contributed by atoms with Gasteiger partial charge in [0.1, 0.15) is 10.7 Å². The van der Waals surface area contributed by atoms with Crippen LogP contribution in [0.2, 0.25) is 0 Å². The van der Waals surface area contributed by atoms with E-state index in [1.807, 2.05) is 7.05 Å². The van der Waals surface area contributed by atoms with Crippen LogP contribution in [0.3, 0.4) is 0 Å². The Morgan fingerprint density at radius 2 is 2.50 bits per heavy atom. The fourth-order valence-electron chi connectivity index (χ4n) is 0.630. The number of ether oxygens (including phenoxy) is 1. The van der Waals surface area contributed by atoms with Crippen molar-refractivity contribution in [3.05, 3.63) is 5.69 Å². The highest BCUT2D eigenvalue weighted by atomic mass is 32.1. The summed E-state index contributed by atoms with van der Waals surface area (Å²) in [5, 5.41) is 7.81. The molecule has 0 saturated heterocycles. The molecule has 0 aliphatic carbocycles. The van der Waals surface area contributed by atoms with E-state index in [1.54, 1.807) is 7.11 Å². The van der Waals surface area contributed by atoms with Crippen molar-refractivity contribution >= 4 is 16.5 Å². The van der Waals surface area contributed by atoms with Gasteiger partial charge in [-0.1, -0.05) is 4.49 Å². The molecule has 56 valence electrons. The van der Waals surface area contributed by atoms with E-state index in [2.05, 4.69) is 14.9 Å². The lowest BCUT2D eigenvalue weighted by Gasteiger charge is -1.95. The van der Waals surface area contributed by atoms with Crippen LogP contribution in [0.25, 0.3) is 0 Å². The molecule has 1 aromatic rings. The van der Waals surface area contributed by atoms with Gasteiger partial charge in [-0.2, -0.15) is 0 Å². The van der Waals surface area contributed by atoms with Crippen LogP contribution in [0.5, 0.6) is 0 Å². The Hall–Kier alpha value is -0.680. The zero-order valence-electron chi connectivity index (χ0n) is 5.92. The molecule has 0 saturated carbocycles. The van der Waals surface area contributed by atoms with E-state index < -0.39 is 0 Å². The van der Waals surface area contributed by atoms with Crippen molar-refractivity contribution in [1.82, 2.24) is 9.59 Å². The van der Waals surface area contributed by atoms with Crippen molar-refractivity contribution in [3.8, 4) is 0 Å². The molecule has 0 atom stereocenters. The van der Waals surface area contributed by atoms with Crippen molar-refractivity contribution < 1.29 is 4.74 Å². The first-order valence-electron chi connectivity index (χ1n) is 2.86. The molecule has 0 amide bonds. The molecule has 0 unspecified atom stereocenters. The van der Waals surface area contributed by atoms with Crippen molar-refractivity contribution in [2.24, 2.45) is 0 Å². The van der Waals surface area contributed by atoms with Crippen LogP contribution >= 0.6 is 11.5 Å². The molecule has 0 aromatic carbocycles. The zero-order valence-corrected chi connectivity index (χ0v) is 6.73. The minimum atomic E-state index is 0.521. The van der Waals surface area contributed by atoms with Crippen molar-refractivity contribution in [3.63, 3.8) is 0 Å². The van der Waals surface area contributed by atoms with E-state index in [9.17, 15) is 0 Å². The molecule has 4 nitrogen and oxygen atoms in total. The normalized spacial score (nSPS) is 9.80. The van der Waals surface area contributed by atoms with E-state index in [-0.39, 0.29) is 0 Å². The fourth-order valence-corrected chi connectivity index (χ4v) is 1.15. The van der Waals surface area contributed by atoms with Crippen LogP contribution in [0.4, 0.5) is 5.00 Å². The zero-order chi connectivity index (χ0) is 7.40. The summed E-state index contributed by atoms with van der Waals surface area (Å²) in [7, 11) is 3.48. The van der Waals surface area contributed by atoms with Crippen LogP contribution in [0, 0.1) is 0 Å². The van der Waals surface area contributed by atoms with Crippen LogP contribution in [0.15, 0.2) is 0 Å². The Bertz CT molecular complexity index is 201. The minimum absolute atomic E-state index is 0.521. The second kappa shape index (κ2) is 3.48. The molecule has 1 rings (SSSR count). The summed E-state index contributed by atoms with van der Waals surface area (Å²) in [5.74, 6) is 0. The molecule has 1 heterocycles. The van der Waals surface area contributed by atoms with Gasteiger partial charge in [-0.25, -0.2) is 0 Å². The maximum absolute atomic E-state index is 4.89. The third kappa shape index (κ3) is 1.43. The quantitative estimate of drug-likeness (QED) is 0.706. The number of nitrogens with zero attached hydrogens (tertiary/aromatic N) is 2. The molecule has 1 aromatic heterocycles. The maximum Gasteiger partial charge on any atom is 0.135 e. The lowest BCUT2D eigenvalue weighted by atomic mass is 10.5. The number of methoxy groups -OCH3 is 1. The predicted octanol–water partition coefficient (Wildman–Crippen LogP) is 0.726. The molecule has 10 heavy (non-hydrogen) atoms. The first-order valence-corrected chi connectivity index (χ1v) is 3.63. The molecular weight excluding hydrogens is 150 g/mol. The highest BCUT2D eigenvalue weighted by Crippen LogP contribution is 2.16. The van der Waals surface area contributed by atoms with Gasteiger partial charge in [0.2, 0.25) is 0 Å². The molecule has 0 aliphatic heterocycles. The summed E-state index contributed by atoms with van der Waals surface area (Å²) in [5.41, 5.74) is 0.870. The first kappa shape index (κ1) is 7.43. The second-order valence-corrected chi connectivity index (χ2v) is 2.49. The standard InChI is InChI=1S/C5H9N3OS/c1-6-5-4(3-9-2)7-8-10-5/h6H,3H2,1-2H3. The maximum atomic E-state index is 4.89. The Balaban J connectivity index is 2.70. The SMILES string of the molecule is CNc1snnc1COC. The van der Waals surface area contributed by atoms with Crippen LogP contribution < -0.4 is 5.32 Å². The second-order valence-electron chi connectivity index (χ2n) is 1.73. The molecule has 0 spiro atoms. The Labute approximate surface area is 63.4 Å². The Morgan fingerprint density at radius 1 is 1.70 bits per heavy atom. The highest BCUT2D eigenvalue weighted by Gasteiger charge is 2.03. The summed E-state index contributed by atoms with van der Waals surface area (Å²) < 4.78 is 8.65. The van der Waals surface area contributed by atoms with E-state index in [1.165, 1.54) is 11.5 Å². The number of aromatic nitrogens is 2. The van der Waals surface area contributed by atoms with Crippen LogP contribution in [-0.4, -0.2) is 23.7 Å². The third-order valence-corrected chi connectivity index (χ3v) is 1.85. The summed E-state index contributed by atoms with van der Waals surface area (Å²) >= 11 is 1.34. The van der Waals surface area contributed by atoms with E-state index in [0.717, 1.165) is 10.7 Å². The summed E-state index contributed by atoms with van der Waals surface area (Å²) in [6.45, 7) is 0.521. The molecule has 0 fully saturated rings. The minimum Gasteiger partial charge on any atom is -0.378 e. The Kier molecular flexibility index (Phi) is 2.58. The van der Waals surface area contributed by atoms with Gasteiger partial charge in [-0.3, -0.25) is 0 Å². The van der Waals surface area contributed by atoms with Crippen molar-refractivity contribution in [1.29, 1.82) is 0 Å². The molecule has 0 bridgehead atoms. The predicted molar refractivity (Wildman–Crippen MR) is 40.2 cm³/mol. The highest BCUT2D eigenvalue weighted by molar-refractivity contribution is 7.10. The average molecular weight is 159 g/mol. The van der Waals surface area contributed by atoms with Gasteiger partial charge < -0.3 is 10.1 Å². The molecule has 0 aliphatic rings. The summed E-state index contributed by atoms with van der Waals surface area (Å²) in [4.78, 5) is 0. The molecule has 1 N–H and O–H groups in total. The van der Waals surface area contributed by atoms with E-state index in [4.69, 9.17) is 4.74 Å². The van der Waals surface area contributed by atoms with Crippen LogP contribution in [-0.2, 0) is 11.3 Å². The van der Waals surface area contributed by atoms with Gasteiger partial charge in [0.05, 0.1) is 6.61 Å². The lowest BCUT2D eigenvalue weighted by molar-refractivity contribution is 0.182. The van der Waals surface area contributed by atoms with Crippen LogP contribution in [0.1, 0.15) is 5.69 Å². The topological polar surface area (TPSA) is 47.0 Å². The average Bonchev–Trinajstić information content (AvgIpc) is 2.36. The van der Waals surface area contributed by atoms with Gasteiger partial charge in [-0.15, -0.1) is 5.10 Å². The van der Waals surface area contributed by atoms with Crippen molar-refractivity contribution in [2.45, 2.75) is 6.61 Å².